The Morgan fingerprint density at radius 2 is 1.95 bits per heavy atom. The van der Waals surface area contributed by atoms with Gasteiger partial charge in [-0.1, -0.05) is 38.3 Å². The highest BCUT2D eigenvalue weighted by molar-refractivity contribution is 6.29. The number of nitrogens with one attached hydrogen (secondary N) is 1. The quantitative estimate of drug-likeness (QED) is 0.779. The molecule has 1 heterocycles. The van der Waals surface area contributed by atoms with Crippen LogP contribution >= 0.6 is 11.6 Å². The first-order chi connectivity index (χ1) is 9.27. The van der Waals surface area contributed by atoms with E-state index in [1.165, 1.54) is 0 Å². The van der Waals surface area contributed by atoms with Crippen molar-refractivity contribution in [1.82, 2.24) is 4.98 Å². The number of halogens is 4. The maximum atomic E-state index is 12.8. The van der Waals surface area contributed by atoms with Gasteiger partial charge in [0.25, 0.3) is 0 Å². The van der Waals surface area contributed by atoms with Crippen molar-refractivity contribution in [2.45, 2.75) is 45.3 Å². The molecule has 0 amide bonds. The third kappa shape index (κ3) is 3.57. The van der Waals surface area contributed by atoms with E-state index in [0.29, 0.717) is 11.8 Å². The molecule has 1 saturated carbocycles. The minimum atomic E-state index is -4.41. The van der Waals surface area contributed by atoms with E-state index in [1.807, 2.05) is 0 Å². The molecular formula is C14H18ClF3N2. The third-order valence-electron chi connectivity index (χ3n) is 4.16. The van der Waals surface area contributed by atoms with Gasteiger partial charge in [-0.05, 0) is 30.4 Å². The molecule has 0 saturated heterocycles. The number of rotatable bonds is 2. The Morgan fingerprint density at radius 1 is 1.25 bits per heavy atom. The van der Waals surface area contributed by atoms with Crippen LogP contribution in [0.2, 0.25) is 5.15 Å². The minimum Gasteiger partial charge on any atom is -0.367 e. The molecule has 3 atom stereocenters. The van der Waals surface area contributed by atoms with E-state index in [-0.39, 0.29) is 17.0 Å². The van der Waals surface area contributed by atoms with Crippen molar-refractivity contribution in [1.29, 1.82) is 0 Å². The molecule has 0 bridgehead atoms. The Balaban J connectivity index is 2.19. The molecule has 1 fully saturated rings. The van der Waals surface area contributed by atoms with Crippen LogP contribution in [-0.4, -0.2) is 11.0 Å². The van der Waals surface area contributed by atoms with Gasteiger partial charge < -0.3 is 5.32 Å². The van der Waals surface area contributed by atoms with Gasteiger partial charge in [0.2, 0.25) is 0 Å². The van der Waals surface area contributed by atoms with E-state index in [0.717, 1.165) is 31.4 Å². The normalized spacial score (nSPS) is 27.4. The molecular weight excluding hydrogens is 289 g/mol. The summed E-state index contributed by atoms with van der Waals surface area (Å²) in [5.41, 5.74) is -0.767. The number of nitrogens with zero attached hydrogens (tertiary/aromatic N) is 1. The van der Waals surface area contributed by atoms with Crippen LogP contribution < -0.4 is 5.32 Å². The smallest absolute Gasteiger partial charge is 0.367 e. The van der Waals surface area contributed by atoms with Crippen LogP contribution in [0.15, 0.2) is 12.1 Å². The predicted octanol–water partition coefficient (Wildman–Crippen LogP) is 4.99. The summed E-state index contributed by atoms with van der Waals surface area (Å²) in [7, 11) is 0. The lowest BCUT2D eigenvalue weighted by molar-refractivity contribution is -0.137. The number of pyridine rings is 1. The summed E-state index contributed by atoms with van der Waals surface area (Å²) in [6.07, 6.45) is -1.22. The molecule has 1 aromatic heterocycles. The second-order valence-corrected chi connectivity index (χ2v) is 5.97. The summed E-state index contributed by atoms with van der Waals surface area (Å²) in [6.45, 7) is 4.29. The van der Waals surface area contributed by atoms with E-state index >= 15 is 0 Å². The number of aromatic nitrogens is 1. The van der Waals surface area contributed by atoms with Gasteiger partial charge in [-0.2, -0.15) is 13.2 Å². The molecule has 2 rings (SSSR count). The fraction of sp³-hybridized carbons (Fsp3) is 0.643. The van der Waals surface area contributed by atoms with Crippen molar-refractivity contribution >= 4 is 17.4 Å². The monoisotopic (exact) mass is 306 g/mol. The zero-order valence-corrected chi connectivity index (χ0v) is 12.2. The molecule has 3 unspecified atom stereocenters. The summed E-state index contributed by atoms with van der Waals surface area (Å²) in [5.74, 6) is 1.16. The molecule has 6 heteroatoms. The largest absolute Gasteiger partial charge is 0.416 e. The van der Waals surface area contributed by atoms with E-state index in [1.54, 1.807) is 0 Å². The molecule has 1 aliphatic carbocycles. The molecule has 1 N–H and O–H groups in total. The number of anilines is 1. The zero-order valence-electron chi connectivity index (χ0n) is 11.5. The van der Waals surface area contributed by atoms with Crippen LogP contribution in [0.25, 0.3) is 0 Å². The lowest BCUT2D eigenvalue weighted by atomic mass is 9.78. The molecule has 0 aromatic carbocycles. The van der Waals surface area contributed by atoms with Gasteiger partial charge in [0, 0.05) is 6.04 Å². The first-order valence-corrected chi connectivity index (χ1v) is 7.16. The Labute approximate surface area is 121 Å². The molecule has 0 radical (unpaired) electrons. The molecule has 1 aromatic rings. The van der Waals surface area contributed by atoms with Gasteiger partial charge in [-0.3, -0.25) is 0 Å². The van der Waals surface area contributed by atoms with Crippen LogP contribution in [-0.2, 0) is 6.18 Å². The van der Waals surface area contributed by atoms with Gasteiger partial charge in [0.1, 0.15) is 11.0 Å². The van der Waals surface area contributed by atoms with Gasteiger partial charge >= 0.3 is 6.18 Å². The van der Waals surface area contributed by atoms with Crippen molar-refractivity contribution in [3.63, 3.8) is 0 Å². The highest BCUT2D eigenvalue weighted by Gasteiger charge is 2.32. The topological polar surface area (TPSA) is 24.9 Å². The van der Waals surface area contributed by atoms with Crippen LogP contribution in [0.3, 0.4) is 0 Å². The Morgan fingerprint density at radius 3 is 2.60 bits per heavy atom. The van der Waals surface area contributed by atoms with Crippen molar-refractivity contribution in [3.8, 4) is 0 Å². The number of hydrogen-bond donors (Lipinski definition) is 1. The molecule has 0 spiro atoms. The second kappa shape index (κ2) is 5.80. The lowest BCUT2D eigenvalue weighted by Gasteiger charge is -2.35. The van der Waals surface area contributed by atoms with Crippen molar-refractivity contribution in [2.75, 3.05) is 5.32 Å². The summed E-state index contributed by atoms with van der Waals surface area (Å²) < 4.78 is 38.3. The summed E-state index contributed by atoms with van der Waals surface area (Å²) in [4.78, 5) is 3.96. The summed E-state index contributed by atoms with van der Waals surface area (Å²) in [6, 6.07) is 2.02. The van der Waals surface area contributed by atoms with Crippen LogP contribution in [0.4, 0.5) is 19.0 Å². The third-order valence-corrected chi connectivity index (χ3v) is 4.36. The number of hydrogen-bond acceptors (Lipinski definition) is 2. The Bertz CT molecular complexity index is 476. The molecule has 2 nitrogen and oxygen atoms in total. The molecule has 20 heavy (non-hydrogen) atoms. The van der Waals surface area contributed by atoms with Gasteiger partial charge in [-0.15, -0.1) is 0 Å². The van der Waals surface area contributed by atoms with Crippen molar-refractivity contribution in [2.24, 2.45) is 11.8 Å². The van der Waals surface area contributed by atoms with Gasteiger partial charge in [0.15, 0.2) is 0 Å². The highest BCUT2D eigenvalue weighted by atomic mass is 35.5. The van der Waals surface area contributed by atoms with Crippen LogP contribution in [0.5, 0.6) is 0 Å². The average Bonchev–Trinajstić information content (AvgIpc) is 2.33. The fourth-order valence-corrected chi connectivity index (χ4v) is 2.92. The molecule has 1 aliphatic rings. The Kier molecular flexibility index (Phi) is 4.47. The zero-order chi connectivity index (χ0) is 14.9. The standard InChI is InChI=1S/C14H18ClF3N2/c1-8-4-3-5-11(9(8)2)19-13-7-10(14(16,17)18)6-12(15)20-13/h6-9,11H,3-5H2,1-2H3,(H,19,20). The van der Waals surface area contributed by atoms with E-state index in [9.17, 15) is 13.2 Å². The van der Waals surface area contributed by atoms with E-state index in [4.69, 9.17) is 11.6 Å². The summed E-state index contributed by atoms with van der Waals surface area (Å²) in [5, 5.41) is 2.98. The predicted molar refractivity (Wildman–Crippen MR) is 73.8 cm³/mol. The van der Waals surface area contributed by atoms with Crippen molar-refractivity contribution < 1.29 is 13.2 Å². The fourth-order valence-electron chi connectivity index (χ4n) is 2.71. The van der Waals surface area contributed by atoms with Crippen LogP contribution in [0.1, 0.15) is 38.7 Å². The maximum absolute atomic E-state index is 12.8. The lowest BCUT2D eigenvalue weighted by Crippen LogP contribution is -2.35. The van der Waals surface area contributed by atoms with Crippen molar-refractivity contribution in [3.05, 3.63) is 22.8 Å². The summed E-state index contributed by atoms with van der Waals surface area (Å²) >= 11 is 5.69. The average molecular weight is 307 g/mol. The van der Waals surface area contributed by atoms with E-state index in [2.05, 4.69) is 24.1 Å². The van der Waals surface area contributed by atoms with Gasteiger partial charge in [-0.25, -0.2) is 4.98 Å². The minimum absolute atomic E-state index is 0.140. The van der Waals surface area contributed by atoms with Gasteiger partial charge in [0.05, 0.1) is 5.56 Å². The maximum Gasteiger partial charge on any atom is 0.416 e. The van der Waals surface area contributed by atoms with Crippen LogP contribution in [0, 0.1) is 11.8 Å². The molecule has 0 aliphatic heterocycles. The first kappa shape index (κ1) is 15.4. The Hall–Kier alpha value is -0.970. The SMILES string of the molecule is CC1CCCC(Nc2cc(C(F)(F)F)cc(Cl)n2)C1C. The first-order valence-electron chi connectivity index (χ1n) is 6.78. The highest BCUT2D eigenvalue weighted by Crippen LogP contribution is 2.34. The molecule has 112 valence electrons. The van der Waals surface area contributed by atoms with E-state index < -0.39 is 11.7 Å². The number of alkyl halides is 3. The second-order valence-electron chi connectivity index (χ2n) is 5.58.